The molecule has 3 heterocycles. The molecule has 10 heteroatoms. The average molecular weight is 413 g/mol. The topological polar surface area (TPSA) is 95.8 Å². The SMILES string of the molecule is CC(C)(C)c1cc(NC(=O)CN2CCN(S(=O)(=O)c3cccs3)CC2)on1. The van der Waals surface area contributed by atoms with Gasteiger partial charge in [0.25, 0.3) is 10.0 Å². The molecule has 0 spiro atoms. The van der Waals surface area contributed by atoms with Gasteiger partial charge >= 0.3 is 0 Å². The van der Waals surface area contributed by atoms with E-state index in [9.17, 15) is 13.2 Å². The number of anilines is 1. The van der Waals surface area contributed by atoms with Gasteiger partial charge in [-0.2, -0.15) is 4.31 Å². The third-order valence-electron chi connectivity index (χ3n) is 4.33. The number of amides is 1. The molecule has 27 heavy (non-hydrogen) atoms. The lowest BCUT2D eigenvalue weighted by Crippen LogP contribution is -2.50. The van der Waals surface area contributed by atoms with Gasteiger partial charge in [0.1, 0.15) is 4.21 Å². The normalized spacial score (nSPS) is 17.1. The molecule has 1 N–H and O–H groups in total. The van der Waals surface area contributed by atoms with Crippen LogP contribution >= 0.6 is 11.3 Å². The van der Waals surface area contributed by atoms with Crippen molar-refractivity contribution >= 4 is 33.2 Å². The van der Waals surface area contributed by atoms with Gasteiger partial charge in [0.15, 0.2) is 0 Å². The Kier molecular flexibility index (Phi) is 5.71. The first-order valence-corrected chi connectivity index (χ1v) is 11.0. The molecular formula is C17H24N4O4S2. The lowest BCUT2D eigenvalue weighted by molar-refractivity contribution is -0.117. The number of nitrogens with one attached hydrogen (secondary N) is 1. The number of piperazine rings is 1. The van der Waals surface area contributed by atoms with Gasteiger partial charge in [-0.3, -0.25) is 15.0 Å². The van der Waals surface area contributed by atoms with Crippen LogP contribution in [0.5, 0.6) is 0 Å². The van der Waals surface area contributed by atoms with Crippen molar-refractivity contribution in [3.8, 4) is 0 Å². The zero-order chi connectivity index (χ0) is 19.7. The van der Waals surface area contributed by atoms with E-state index in [2.05, 4.69) is 10.5 Å². The van der Waals surface area contributed by atoms with Crippen LogP contribution in [0.2, 0.25) is 0 Å². The second-order valence-electron chi connectivity index (χ2n) is 7.49. The molecule has 8 nitrogen and oxygen atoms in total. The molecule has 0 aromatic carbocycles. The van der Waals surface area contributed by atoms with Crippen LogP contribution in [0.25, 0.3) is 0 Å². The number of thiophene rings is 1. The summed E-state index contributed by atoms with van der Waals surface area (Å²) in [5.74, 6) is 0.116. The van der Waals surface area contributed by atoms with Gasteiger partial charge in [0, 0.05) is 37.7 Å². The predicted octanol–water partition coefficient (Wildman–Crippen LogP) is 1.98. The molecule has 0 aliphatic carbocycles. The van der Waals surface area contributed by atoms with Crippen LogP contribution < -0.4 is 5.32 Å². The number of sulfonamides is 1. The molecule has 148 valence electrons. The van der Waals surface area contributed by atoms with Crippen LogP contribution in [0.15, 0.2) is 32.3 Å². The molecular weight excluding hydrogens is 388 g/mol. The minimum atomic E-state index is -3.43. The molecule has 1 fully saturated rings. The summed E-state index contributed by atoms with van der Waals surface area (Å²) in [4.78, 5) is 14.2. The van der Waals surface area contributed by atoms with Gasteiger partial charge in [0.2, 0.25) is 11.8 Å². The Morgan fingerprint density at radius 2 is 2.00 bits per heavy atom. The Balaban J connectivity index is 1.50. The lowest BCUT2D eigenvalue weighted by atomic mass is 9.92. The van der Waals surface area contributed by atoms with Crippen LogP contribution in [-0.4, -0.2) is 61.4 Å². The summed E-state index contributed by atoms with van der Waals surface area (Å²) in [5, 5.41) is 8.43. The smallest absolute Gasteiger partial charge is 0.252 e. The van der Waals surface area contributed by atoms with E-state index in [-0.39, 0.29) is 17.9 Å². The number of hydrogen-bond donors (Lipinski definition) is 1. The molecule has 2 aromatic rings. The number of hydrogen-bond acceptors (Lipinski definition) is 7. The molecule has 1 aliphatic heterocycles. The highest BCUT2D eigenvalue weighted by Gasteiger charge is 2.29. The predicted molar refractivity (Wildman–Crippen MR) is 103 cm³/mol. The van der Waals surface area contributed by atoms with E-state index in [0.29, 0.717) is 36.3 Å². The Bertz CT molecular complexity index is 876. The number of carbonyl (C=O) groups excluding carboxylic acids is 1. The van der Waals surface area contributed by atoms with Gasteiger partial charge in [0.05, 0.1) is 12.2 Å². The summed E-state index contributed by atoms with van der Waals surface area (Å²) in [6.45, 7) is 7.95. The maximum atomic E-state index is 12.5. The molecule has 0 saturated carbocycles. The first kappa shape index (κ1) is 20.0. The van der Waals surface area contributed by atoms with Crippen molar-refractivity contribution < 1.29 is 17.7 Å². The molecule has 3 rings (SSSR count). The maximum absolute atomic E-state index is 12.5. The first-order chi connectivity index (χ1) is 12.7. The van der Waals surface area contributed by atoms with Crippen molar-refractivity contribution in [3.05, 3.63) is 29.3 Å². The fourth-order valence-electron chi connectivity index (χ4n) is 2.73. The Morgan fingerprint density at radius 1 is 1.30 bits per heavy atom. The first-order valence-electron chi connectivity index (χ1n) is 8.69. The number of nitrogens with zero attached hydrogens (tertiary/aromatic N) is 3. The van der Waals surface area contributed by atoms with E-state index in [1.54, 1.807) is 23.6 Å². The van der Waals surface area contributed by atoms with Gasteiger partial charge in [-0.25, -0.2) is 8.42 Å². The molecule has 0 radical (unpaired) electrons. The zero-order valence-corrected chi connectivity index (χ0v) is 17.3. The fraction of sp³-hybridized carbons (Fsp3) is 0.529. The second-order valence-corrected chi connectivity index (χ2v) is 10.6. The van der Waals surface area contributed by atoms with Gasteiger partial charge in [-0.15, -0.1) is 11.3 Å². The quantitative estimate of drug-likeness (QED) is 0.807. The van der Waals surface area contributed by atoms with E-state index in [4.69, 9.17) is 4.52 Å². The molecule has 2 aromatic heterocycles. The third kappa shape index (κ3) is 4.75. The second kappa shape index (κ2) is 7.70. The third-order valence-corrected chi connectivity index (χ3v) is 7.60. The highest BCUT2D eigenvalue weighted by Crippen LogP contribution is 2.24. The molecule has 0 bridgehead atoms. The number of rotatable bonds is 5. The van der Waals surface area contributed by atoms with Crippen molar-refractivity contribution in [1.29, 1.82) is 0 Å². The van der Waals surface area contributed by atoms with Crippen molar-refractivity contribution in [2.75, 3.05) is 38.0 Å². The Hall–Kier alpha value is -1.75. The average Bonchev–Trinajstić information content (AvgIpc) is 3.26. The van der Waals surface area contributed by atoms with E-state index < -0.39 is 10.0 Å². The summed E-state index contributed by atoms with van der Waals surface area (Å²) in [6, 6.07) is 5.07. The van der Waals surface area contributed by atoms with Crippen LogP contribution in [0.3, 0.4) is 0 Å². The molecule has 1 aliphatic rings. The minimum Gasteiger partial charge on any atom is -0.338 e. The number of carbonyl (C=O) groups is 1. The highest BCUT2D eigenvalue weighted by atomic mass is 32.2. The fourth-order valence-corrected chi connectivity index (χ4v) is 5.30. The molecule has 0 atom stereocenters. The minimum absolute atomic E-state index is 0.156. The van der Waals surface area contributed by atoms with E-state index in [1.807, 2.05) is 25.7 Å². The van der Waals surface area contributed by atoms with Crippen molar-refractivity contribution in [3.63, 3.8) is 0 Å². The summed E-state index contributed by atoms with van der Waals surface area (Å²) in [7, 11) is -3.43. The Morgan fingerprint density at radius 3 is 2.56 bits per heavy atom. The summed E-state index contributed by atoms with van der Waals surface area (Å²) < 4.78 is 32.0. The monoisotopic (exact) mass is 412 g/mol. The highest BCUT2D eigenvalue weighted by molar-refractivity contribution is 7.91. The van der Waals surface area contributed by atoms with E-state index in [1.165, 1.54) is 15.6 Å². The van der Waals surface area contributed by atoms with Crippen LogP contribution in [0, 0.1) is 0 Å². The van der Waals surface area contributed by atoms with Gasteiger partial charge < -0.3 is 4.52 Å². The van der Waals surface area contributed by atoms with Crippen molar-refractivity contribution in [2.45, 2.75) is 30.4 Å². The largest absolute Gasteiger partial charge is 0.338 e. The lowest BCUT2D eigenvalue weighted by Gasteiger charge is -2.33. The van der Waals surface area contributed by atoms with Gasteiger partial charge in [-0.05, 0) is 11.4 Å². The molecule has 0 unspecified atom stereocenters. The van der Waals surface area contributed by atoms with Crippen LogP contribution in [-0.2, 0) is 20.2 Å². The Labute approximate surface area is 163 Å². The molecule has 1 amide bonds. The number of aromatic nitrogens is 1. The van der Waals surface area contributed by atoms with Gasteiger partial charge in [-0.1, -0.05) is 32.0 Å². The van der Waals surface area contributed by atoms with E-state index in [0.717, 1.165) is 5.69 Å². The van der Waals surface area contributed by atoms with Crippen LogP contribution in [0.4, 0.5) is 5.88 Å². The van der Waals surface area contributed by atoms with Crippen molar-refractivity contribution in [1.82, 2.24) is 14.4 Å². The summed E-state index contributed by atoms with van der Waals surface area (Å²) in [6.07, 6.45) is 0. The standard InChI is InChI=1S/C17H24N4O4S2/c1-17(2,3)13-11-15(25-19-13)18-14(22)12-20-6-8-21(9-7-20)27(23,24)16-5-4-10-26-16/h4-5,10-11H,6-9,12H2,1-3H3,(H,18,22). The van der Waals surface area contributed by atoms with Crippen molar-refractivity contribution in [2.24, 2.45) is 0 Å². The summed E-state index contributed by atoms with van der Waals surface area (Å²) >= 11 is 1.22. The molecule has 1 saturated heterocycles. The van der Waals surface area contributed by atoms with E-state index >= 15 is 0 Å². The zero-order valence-electron chi connectivity index (χ0n) is 15.6. The van der Waals surface area contributed by atoms with Crippen LogP contribution in [0.1, 0.15) is 26.5 Å². The summed E-state index contributed by atoms with van der Waals surface area (Å²) in [5.41, 5.74) is 0.613. The maximum Gasteiger partial charge on any atom is 0.252 e.